The third-order valence-corrected chi connectivity index (χ3v) is 5.58. The number of urea groups is 1. The van der Waals surface area contributed by atoms with Gasteiger partial charge < -0.3 is 15.2 Å². The van der Waals surface area contributed by atoms with Crippen molar-refractivity contribution in [2.24, 2.45) is 0 Å². The largest absolute Gasteiger partial charge is 0.359 e. The Morgan fingerprint density at radius 1 is 0.933 bits per heavy atom. The molecule has 0 radical (unpaired) electrons. The number of fused-ring (bicyclic) bond motifs is 2. The van der Waals surface area contributed by atoms with Crippen LogP contribution >= 0.6 is 0 Å². The molecule has 0 fully saturated rings. The van der Waals surface area contributed by atoms with E-state index in [1.165, 1.54) is 16.7 Å². The monoisotopic (exact) mass is 403 g/mol. The predicted molar refractivity (Wildman–Crippen MR) is 113 cm³/mol. The van der Waals surface area contributed by atoms with Crippen LogP contribution in [0.2, 0.25) is 0 Å². The van der Waals surface area contributed by atoms with Gasteiger partial charge in [0.15, 0.2) is 11.6 Å². The van der Waals surface area contributed by atoms with Gasteiger partial charge >= 0.3 is 6.03 Å². The average molecular weight is 403 g/mol. The molecule has 6 heteroatoms. The van der Waals surface area contributed by atoms with Gasteiger partial charge in [0.1, 0.15) is 0 Å². The SMILES string of the molecule is O=C(Nc1c[nH]c2cc(F)c(F)cc12)N1CCc2cc(-c3ccccc3)ccc2C1. The Labute approximate surface area is 172 Å². The van der Waals surface area contributed by atoms with Gasteiger partial charge in [0.05, 0.1) is 11.2 Å². The lowest BCUT2D eigenvalue weighted by Crippen LogP contribution is -2.38. The second kappa shape index (κ2) is 7.30. The molecule has 0 spiro atoms. The van der Waals surface area contributed by atoms with Crippen molar-refractivity contribution in [3.05, 3.63) is 89.6 Å². The molecule has 4 aromatic rings. The Morgan fingerprint density at radius 3 is 2.57 bits per heavy atom. The summed E-state index contributed by atoms with van der Waals surface area (Å²) < 4.78 is 27.0. The number of H-pyrrole nitrogens is 1. The van der Waals surface area contributed by atoms with E-state index in [1.807, 2.05) is 18.2 Å². The number of carbonyl (C=O) groups excluding carboxylic acids is 1. The van der Waals surface area contributed by atoms with E-state index in [4.69, 9.17) is 0 Å². The maximum Gasteiger partial charge on any atom is 0.322 e. The van der Waals surface area contributed by atoms with Crippen molar-refractivity contribution in [1.29, 1.82) is 0 Å². The van der Waals surface area contributed by atoms with Gasteiger partial charge in [0.25, 0.3) is 0 Å². The van der Waals surface area contributed by atoms with Crippen LogP contribution in [0.1, 0.15) is 11.1 Å². The number of rotatable bonds is 2. The summed E-state index contributed by atoms with van der Waals surface area (Å²) in [6.07, 6.45) is 2.31. The fourth-order valence-corrected chi connectivity index (χ4v) is 3.95. The summed E-state index contributed by atoms with van der Waals surface area (Å²) in [6, 6.07) is 18.5. The second-order valence-electron chi connectivity index (χ2n) is 7.47. The Hall–Kier alpha value is -3.67. The number of aromatic nitrogens is 1. The molecular weight excluding hydrogens is 384 g/mol. The van der Waals surface area contributed by atoms with E-state index in [0.717, 1.165) is 24.1 Å². The molecule has 2 heterocycles. The van der Waals surface area contributed by atoms with Gasteiger partial charge in [-0.25, -0.2) is 13.6 Å². The van der Waals surface area contributed by atoms with Crippen molar-refractivity contribution in [3.8, 4) is 11.1 Å². The van der Waals surface area contributed by atoms with Gasteiger partial charge in [-0.05, 0) is 34.7 Å². The number of hydrogen-bond donors (Lipinski definition) is 2. The normalized spacial score (nSPS) is 13.3. The van der Waals surface area contributed by atoms with Crippen molar-refractivity contribution in [2.45, 2.75) is 13.0 Å². The minimum absolute atomic E-state index is 0.265. The van der Waals surface area contributed by atoms with E-state index in [-0.39, 0.29) is 6.03 Å². The first-order valence-electron chi connectivity index (χ1n) is 9.78. The van der Waals surface area contributed by atoms with Gasteiger partial charge in [-0.3, -0.25) is 0 Å². The van der Waals surface area contributed by atoms with E-state index in [9.17, 15) is 13.6 Å². The molecule has 0 atom stereocenters. The summed E-state index contributed by atoms with van der Waals surface area (Å²) in [5.41, 5.74) is 5.55. The van der Waals surface area contributed by atoms with Crippen LogP contribution in [0.4, 0.5) is 19.3 Å². The molecule has 1 aromatic heterocycles. The molecular formula is C24H19F2N3O. The molecule has 0 saturated heterocycles. The van der Waals surface area contributed by atoms with Crippen LogP contribution in [0.5, 0.6) is 0 Å². The van der Waals surface area contributed by atoms with Gasteiger partial charge in [-0.15, -0.1) is 0 Å². The van der Waals surface area contributed by atoms with E-state index < -0.39 is 11.6 Å². The average Bonchev–Trinajstić information content (AvgIpc) is 3.15. The number of aromatic amines is 1. The van der Waals surface area contributed by atoms with Crippen LogP contribution in [0.25, 0.3) is 22.0 Å². The zero-order valence-electron chi connectivity index (χ0n) is 16.1. The predicted octanol–water partition coefficient (Wildman–Crippen LogP) is 5.70. The third kappa shape index (κ3) is 3.30. The number of amides is 2. The maximum absolute atomic E-state index is 13.6. The van der Waals surface area contributed by atoms with Crippen molar-refractivity contribution >= 4 is 22.6 Å². The number of benzene rings is 3. The molecule has 3 aromatic carbocycles. The number of carbonyl (C=O) groups is 1. The minimum atomic E-state index is -0.946. The summed E-state index contributed by atoms with van der Waals surface area (Å²) >= 11 is 0. The smallest absolute Gasteiger partial charge is 0.322 e. The van der Waals surface area contributed by atoms with Crippen LogP contribution in [0.3, 0.4) is 0 Å². The molecule has 0 saturated carbocycles. The topological polar surface area (TPSA) is 48.1 Å². The Bertz CT molecular complexity index is 1250. The van der Waals surface area contributed by atoms with Crippen LogP contribution in [-0.2, 0) is 13.0 Å². The van der Waals surface area contributed by atoms with E-state index in [2.05, 4.69) is 40.6 Å². The molecule has 0 unspecified atom stereocenters. The number of halogens is 2. The number of nitrogens with one attached hydrogen (secondary N) is 2. The van der Waals surface area contributed by atoms with E-state index in [1.54, 1.807) is 11.1 Å². The van der Waals surface area contributed by atoms with E-state index >= 15 is 0 Å². The highest BCUT2D eigenvalue weighted by molar-refractivity contribution is 6.01. The van der Waals surface area contributed by atoms with Crippen molar-refractivity contribution in [3.63, 3.8) is 0 Å². The van der Waals surface area contributed by atoms with Crippen molar-refractivity contribution in [2.75, 3.05) is 11.9 Å². The Kier molecular flexibility index (Phi) is 4.47. The van der Waals surface area contributed by atoms with Crippen LogP contribution in [0.15, 0.2) is 66.9 Å². The molecule has 0 aliphatic carbocycles. The van der Waals surface area contributed by atoms with Gasteiger partial charge in [0.2, 0.25) is 0 Å². The fraction of sp³-hybridized carbons (Fsp3) is 0.125. The fourth-order valence-electron chi connectivity index (χ4n) is 3.95. The molecule has 2 N–H and O–H groups in total. The summed E-state index contributed by atoms with van der Waals surface area (Å²) in [6.45, 7) is 1.09. The quantitative estimate of drug-likeness (QED) is 0.443. The standard InChI is InChI=1S/C24H19F2N3O/c25-20-11-19-22(12-21(20)26)27-13-23(19)28-24(30)29-9-8-17-10-16(6-7-18(17)14-29)15-4-2-1-3-5-15/h1-7,10-13,27H,8-9,14H2,(H,28,30). The molecule has 4 nitrogen and oxygen atoms in total. The highest BCUT2D eigenvalue weighted by Gasteiger charge is 2.22. The van der Waals surface area contributed by atoms with Gasteiger partial charge in [0, 0.05) is 30.7 Å². The molecule has 1 aliphatic rings. The second-order valence-corrected chi connectivity index (χ2v) is 7.47. The molecule has 5 rings (SSSR count). The van der Waals surface area contributed by atoms with Crippen LogP contribution < -0.4 is 5.32 Å². The maximum atomic E-state index is 13.6. The van der Waals surface area contributed by atoms with Gasteiger partial charge in [-0.2, -0.15) is 0 Å². The van der Waals surface area contributed by atoms with Crippen LogP contribution in [-0.4, -0.2) is 22.5 Å². The molecule has 2 amide bonds. The highest BCUT2D eigenvalue weighted by atomic mass is 19.2. The third-order valence-electron chi connectivity index (χ3n) is 5.58. The number of nitrogens with zero attached hydrogens (tertiary/aromatic N) is 1. The first-order valence-corrected chi connectivity index (χ1v) is 9.78. The minimum Gasteiger partial charge on any atom is -0.359 e. The molecule has 0 bridgehead atoms. The summed E-state index contributed by atoms with van der Waals surface area (Å²) in [4.78, 5) is 17.4. The number of hydrogen-bond acceptors (Lipinski definition) is 1. The lowest BCUT2D eigenvalue weighted by Gasteiger charge is -2.29. The summed E-state index contributed by atoms with van der Waals surface area (Å²) in [7, 11) is 0. The molecule has 150 valence electrons. The van der Waals surface area contributed by atoms with Crippen LogP contribution in [0, 0.1) is 11.6 Å². The summed E-state index contributed by atoms with van der Waals surface area (Å²) in [5.74, 6) is -1.87. The zero-order valence-corrected chi connectivity index (χ0v) is 16.1. The lowest BCUT2D eigenvalue weighted by molar-refractivity contribution is 0.206. The first-order chi connectivity index (χ1) is 14.6. The van der Waals surface area contributed by atoms with Crippen molar-refractivity contribution < 1.29 is 13.6 Å². The Morgan fingerprint density at radius 2 is 1.73 bits per heavy atom. The molecule has 30 heavy (non-hydrogen) atoms. The Balaban J connectivity index is 1.34. The summed E-state index contributed by atoms with van der Waals surface area (Å²) in [5, 5.41) is 3.25. The van der Waals surface area contributed by atoms with Crippen molar-refractivity contribution in [1.82, 2.24) is 9.88 Å². The van der Waals surface area contributed by atoms with Gasteiger partial charge in [-0.1, -0.05) is 48.5 Å². The first kappa shape index (κ1) is 18.4. The highest BCUT2D eigenvalue weighted by Crippen LogP contribution is 2.28. The zero-order chi connectivity index (χ0) is 20.7. The number of anilines is 1. The molecule has 1 aliphatic heterocycles. The van der Waals surface area contributed by atoms with E-state index in [0.29, 0.717) is 29.7 Å². The lowest BCUT2D eigenvalue weighted by atomic mass is 9.95.